The number of ether oxygens (including phenoxy) is 1. The quantitative estimate of drug-likeness (QED) is 0.933. The molecule has 0 fully saturated rings. The van der Waals surface area contributed by atoms with E-state index in [-0.39, 0.29) is 11.3 Å². The number of rotatable bonds is 3. The van der Waals surface area contributed by atoms with Gasteiger partial charge in [0, 0.05) is 13.2 Å². The van der Waals surface area contributed by atoms with Crippen molar-refractivity contribution in [3.63, 3.8) is 0 Å². The van der Waals surface area contributed by atoms with Crippen LogP contribution in [0.3, 0.4) is 0 Å². The van der Waals surface area contributed by atoms with Gasteiger partial charge in [0.2, 0.25) is 0 Å². The van der Waals surface area contributed by atoms with Crippen LogP contribution in [0.4, 0.5) is 13.2 Å². The first kappa shape index (κ1) is 13.4. The first-order chi connectivity index (χ1) is 8.85. The molecule has 2 rings (SSSR count). The van der Waals surface area contributed by atoms with Crippen LogP contribution in [0.5, 0.6) is 5.75 Å². The normalized spacial score (nSPS) is 13.3. The Kier molecular flexibility index (Phi) is 3.48. The maximum absolute atomic E-state index is 12.1. The minimum Gasteiger partial charge on any atom is -0.406 e. The number of aryl methyl sites for hydroxylation is 1. The van der Waals surface area contributed by atoms with Crippen molar-refractivity contribution < 1.29 is 23.0 Å². The third-order valence-corrected chi connectivity index (χ3v) is 2.42. The van der Waals surface area contributed by atoms with Crippen molar-refractivity contribution in [1.29, 1.82) is 0 Å². The van der Waals surface area contributed by atoms with Gasteiger partial charge in [0.1, 0.15) is 11.9 Å². The first-order valence-corrected chi connectivity index (χ1v) is 5.38. The van der Waals surface area contributed by atoms with E-state index >= 15 is 0 Å². The number of halogens is 3. The fourth-order valence-electron chi connectivity index (χ4n) is 1.63. The van der Waals surface area contributed by atoms with Crippen molar-refractivity contribution in [1.82, 2.24) is 9.78 Å². The molecule has 0 saturated carbocycles. The Morgan fingerprint density at radius 2 is 2.05 bits per heavy atom. The van der Waals surface area contributed by atoms with Gasteiger partial charge in [-0.3, -0.25) is 4.68 Å². The number of hydrogen-bond acceptors (Lipinski definition) is 3. The molecule has 4 nitrogen and oxygen atoms in total. The molecule has 0 radical (unpaired) electrons. The second-order valence-corrected chi connectivity index (χ2v) is 3.94. The molecule has 0 saturated heterocycles. The van der Waals surface area contributed by atoms with Gasteiger partial charge in [-0.15, -0.1) is 13.2 Å². The highest BCUT2D eigenvalue weighted by Gasteiger charge is 2.31. The summed E-state index contributed by atoms with van der Waals surface area (Å²) in [5.41, 5.74) is 0.632. The molecule has 0 aliphatic rings. The van der Waals surface area contributed by atoms with Gasteiger partial charge in [-0.05, 0) is 23.8 Å². The second-order valence-electron chi connectivity index (χ2n) is 3.94. The van der Waals surface area contributed by atoms with Gasteiger partial charge in [0.05, 0.1) is 5.69 Å². The van der Waals surface area contributed by atoms with Crippen molar-refractivity contribution in [3.8, 4) is 5.75 Å². The van der Waals surface area contributed by atoms with Crippen LogP contribution < -0.4 is 4.74 Å². The van der Waals surface area contributed by atoms with Crippen LogP contribution in [-0.2, 0) is 7.05 Å². The molecule has 0 aliphatic heterocycles. The molecule has 7 heteroatoms. The van der Waals surface area contributed by atoms with Crippen molar-refractivity contribution in [2.75, 3.05) is 0 Å². The van der Waals surface area contributed by atoms with Crippen molar-refractivity contribution in [3.05, 3.63) is 47.8 Å². The van der Waals surface area contributed by atoms with Crippen LogP contribution in [-0.4, -0.2) is 21.2 Å². The topological polar surface area (TPSA) is 47.3 Å². The zero-order chi connectivity index (χ0) is 14.0. The Labute approximate surface area is 107 Å². The molecule has 0 bridgehead atoms. The zero-order valence-electron chi connectivity index (χ0n) is 9.93. The van der Waals surface area contributed by atoms with Crippen LogP contribution >= 0.6 is 0 Å². The molecule has 1 atom stereocenters. The first-order valence-electron chi connectivity index (χ1n) is 5.38. The number of aliphatic hydroxyl groups is 1. The number of aromatic nitrogens is 2. The smallest absolute Gasteiger partial charge is 0.406 e. The SMILES string of the molecule is Cn1ccc(C(O)c2cccc(OC(F)(F)F)c2)n1. The highest BCUT2D eigenvalue weighted by atomic mass is 19.4. The molecule has 1 aromatic heterocycles. The van der Waals surface area contributed by atoms with Gasteiger partial charge < -0.3 is 9.84 Å². The van der Waals surface area contributed by atoms with Crippen LogP contribution in [0.15, 0.2) is 36.5 Å². The average molecular weight is 272 g/mol. The molecule has 1 N–H and O–H groups in total. The summed E-state index contributed by atoms with van der Waals surface area (Å²) in [4.78, 5) is 0. The van der Waals surface area contributed by atoms with Crippen molar-refractivity contribution >= 4 is 0 Å². The average Bonchev–Trinajstić information content (AvgIpc) is 2.73. The number of benzene rings is 1. The van der Waals surface area contributed by atoms with E-state index in [0.717, 1.165) is 6.07 Å². The Balaban J connectivity index is 2.23. The van der Waals surface area contributed by atoms with E-state index in [4.69, 9.17) is 0 Å². The third-order valence-electron chi connectivity index (χ3n) is 2.42. The lowest BCUT2D eigenvalue weighted by atomic mass is 10.1. The largest absolute Gasteiger partial charge is 0.573 e. The number of nitrogens with zero attached hydrogens (tertiary/aromatic N) is 2. The standard InChI is InChI=1S/C12H11F3N2O2/c1-17-6-5-10(16-17)11(18)8-3-2-4-9(7-8)19-12(13,14)15/h2-7,11,18H,1H3. The fraction of sp³-hybridized carbons (Fsp3) is 0.250. The molecule has 0 spiro atoms. The van der Waals surface area contributed by atoms with E-state index in [1.165, 1.54) is 22.9 Å². The minimum atomic E-state index is -4.76. The summed E-state index contributed by atoms with van der Waals surface area (Å²) in [6.45, 7) is 0. The molecule has 1 heterocycles. The number of hydrogen-bond donors (Lipinski definition) is 1. The van der Waals surface area contributed by atoms with Gasteiger partial charge in [0.25, 0.3) is 0 Å². The lowest BCUT2D eigenvalue weighted by molar-refractivity contribution is -0.274. The van der Waals surface area contributed by atoms with Gasteiger partial charge >= 0.3 is 6.36 Å². The van der Waals surface area contributed by atoms with Crippen LogP contribution in [0.1, 0.15) is 17.4 Å². The van der Waals surface area contributed by atoms with E-state index in [2.05, 4.69) is 9.84 Å². The Bertz CT molecular complexity index is 566. The molecule has 0 amide bonds. The molecule has 1 aromatic carbocycles. The number of aliphatic hydroxyl groups excluding tert-OH is 1. The maximum Gasteiger partial charge on any atom is 0.573 e. The molecular weight excluding hydrogens is 261 g/mol. The summed E-state index contributed by atoms with van der Waals surface area (Å²) in [5.74, 6) is -0.375. The van der Waals surface area contributed by atoms with Crippen LogP contribution in [0, 0.1) is 0 Å². The Morgan fingerprint density at radius 3 is 2.63 bits per heavy atom. The lowest BCUT2D eigenvalue weighted by Crippen LogP contribution is -2.17. The van der Waals surface area contributed by atoms with Crippen molar-refractivity contribution in [2.24, 2.45) is 7.05 Å². The predicted molar refractivity (Wildman–Crippen MR) is 60.4 cm³/mol. The fourth-order valence-corrected chi connectivity index (χ4v) is 1.63. The van der Waals surface area contributed by atoms with E-state index in [1.807, 2.05) is 0 Å². The highest BCUT2D eigenvalue weighted by molar-refractivity contribution is 5.33. The van der Waals surface area contributed by atoms with E-state index in [0.29, 0.717) is 5.69 Å². The molecule has 1 unspecified atom stereocenters. The molecule has 19 heavy (non-hydrogen) atoms. The highest BCUT2D eigenvalue weighted by Crippen LogP contribution is 2.27. The molecule has 102 valence electrons. The van der Waals surface area contributed by atoms with Gasteiger partial charge in [-0.1, -0.05) is 12.1 Å². The predicted octanol–water partition coefficient (Wildman–Crippen LogP) is 2.40. The molecule has 2 aromatic rings. The summed E-state index contributed by atoms with van der Waals surface area (Å²) in [6, 6.07) is 6.77. The summed E-state index contributed by atoms with van der Waals surface area (Å²) in [6.07, 6.45) is -4.22. The monoisotopic (exact) mass is 272 g/mol. The Morgan fingerprint density at radius 1 is 1.32 bits per heavy atom. The van der Waals surface area contributed by atoms with E-state index in [1.54, 1.807) is 19.3 Å². The van der Waals surface area contributed by atoms with E-state index < -0.39 is 12.5 Å². The summed E-state index contributed by atoms with van der Waals surface area (Å²) in [5, 5.41) is 14.0. The summed E-state index contributed by atoms with van der Waals surface area (Å²) >= 11 is 0. The summed E-state index contributed by atoms with van der Waals surface area (Å²) < 4.78 is 41.6. The molecular formula is C12H11F3N2O2. The van der Waals surface area contributed by atoms with Crippen LogP contribution in [0.25, 0.3) is 0 Å². The minimum absolute atomic E-state index is 0.278. The van der Waals surface area contributed by atoms with Gasteiger partial charge in [-0.2, -0.15) is 5.10 Å². The maximum atomic E-state index is 12.1. The Hall–Kier alpha value is -2.02. The third kappa shape index (κ3) is 3.47. The lowest BCUT2D eigenvalue weighted by Gasteiger charge is -2.12. The number of alkyl halides is 3. The van der Waals surface area contributed by atoms with Crippen molar-refractivity contribution in [2.45, 2.75) is 12.5 Å². The van der Waals surface area contributed by atoms with E-state index in [9.17, 15) is 18.3 Å². The second kappa shape index (κ2) is 4.93. The van der Waals surface area contributed by atoms with Crippen LogP contribution in [0.2, 0.25) is 0 Å². The zero-order valence-corrected chi connectivity index (χ0v) is 9.93. The van der Waals surface area contributed by atoms with Gasteiger partial charge in [0.15, 0.2) is 0 Å². The van der Waals surface area contributed by atoms with Gasteiger partial charge in [-0.25, -0.2) is 0 Å². The molecule has 0 aliphatic carbocycles. The summed E-state index contributed by atoms with van der Waals surface area (Å²) in [7, 11) is 1.68.